The van der Waals surface area contributed by atoms with E-state index in [4.69, 9.17) is 0 Å². The van der Waals surface area contributed by atoms with Crippen LogP contribution in [0, 0.1) is 0 Å². The standard InChI is InChI=1S/C11H12N4O/c16-9-6-12-8-5-13-10(15-11(8)14-9)7-3-1-2-4-7/h5-7H,1-4H2,(H,13,14,15,16). The number of hydrogen-bond acceptors (Lipinski definition) is 4. The first kappa shape index (κ1) is 9.45. The van der Waals surface area contributed by atoms with Crippen LogP contribution in [0.2, 0.25) is 0 Å². The maximum Gasteiger partial charge on any atom is 0.268 e. The van der Waals surface area contributed by atoms with Crippen molar-refractivity contribution in [3.05, 3.63) is 28.6 Å². The maximum atomic E-state index is 11.1. The summed E-state index contributed by atoms with van der Waals surface area (Å²) in [6, 6.07) is 0. The highest BCUT2D eigenvalue weighted by Gasteiger charge is 2.19. The Morgan fingerprint density at radius 3 is 2.81 bits per heavy atom. The lowest BCUT2D eigenvalue weighted by Crippen LogP contribution is -2.09. The number of hydrogen-bond donors (Lipinski definition) is 1. The Bertz CT molecular complexity index is 571. The van der Waals surface area contributed by atoms with Crippen LogP contribution in [0.25, 0.3) is 11.2 Å². The Kier molecular flexibility index (Phi) is 2.16. The second kappa shape index (κ2) is 3.66. The number of H-pyrrole nitrogens is 1. The molecule has 0 aliphatic heterocycles. The summed E-state index contributed by atoms with van der Waals surface area (Å²) in [5, 5.41) is 0. The van der Waals surface area contributed by atoms with Gasteiger partial charge in [-0.3, -0.25) is 4.79 Å². The van der Waals surface area contributed by atoms with Crippen molar-refractivity contribution in [1.82, 2.24) is 19.9 Å². The summed E-state index contributed by atoms with van der Waals surface area (Å²) >= 11 is 0. The number of rotatable bonds is 1. The van der Waals surface area contributed by atoms with Crippen molar-refractivity contribution >= 4 is 11.2 Å². The van der Waals surface area contributed by atoms with E-state index >= 15 is 0 Å². The number of nitrogens with one attached hydrogen (secondary N) is 1. The van der Waals surface area contributed by atoms with Gasteiger partial charge in [0, 0.05) is 5.92 Å². The molecule has 5 nitrogen and oxygen atoms in total. The molecule has 0 bridgehead atoms. The third-order valence-electron chi connectivity index (χ3n) is 3.07. The van der Waals surface area contributed by atoms with Gasteiger partial charge in [0.2, 0.25) is 0 Å². The lowest BCUT2D eigenvalue weighted by Gasteiger charge is -2.06. The molecule has 0 atom stereocenters. The third kappa shape index (κ3) is 1.58. The van der Waals surface area contributed by atoms with Gasteiger partial charge in [-0.1, -0.05) is 12.8 Å². The van der Waals surface area contributed by atoms with Gasteiger partial charge in [-0.15, -0.1) is 0 Å². The van der Waals surface area contributed by atoms with Crippen LogP contribution in [0.5, 0.6) is 0 Å². The van der Waals surface area contributed by atoms with Crippen LogP contribution in [0.4, 0.5) is 0 Å². The fourth-order valence-corrected chi connectivity index (χ4v) is 2.23. The van der Waals surface area contributed by atoms with Crippen molar-refractivity contribution in [3.8, 4) is 0 Å². The Hall–Kier alpha value is -1.78. The van der Waals surface area contributed by atoms with Crippen LogP contribution in [0.3, 0.4) is 0 Å². The summed E-state index contributed by atoms with van der Waals surface area (Å²) in [5.41, 5.74) is 0.967. The van der Waals surface area contributed by atoms with E-state index in [-0.39, 0.29) is 5.56 Å². The molecule has 0 saturated heterocycles. The molecule has 3 rings (SSSR count). The highest BCUT2D eigenvalue weighted by atomic mass is 16.1. The van der Waals surface area contributed by atoms with E-state index in [1.807, 2.05) is 0 Å². The normalized spacial score (nSPS) is 17.0. The third-order valence-corrected chi connectivity index (χ3v) is 3.07. The molecule has 0 unspecified atom stereocenters. The second-order valence-electron chi connectivity index (χ2n) is 4.19. The van der Waals surface area contributed by atoms with Crippen LogP contribution in [0.15, 0.2) is 17.2 Å². The van der Waals surface area contributed by atoms with E-state index < -0.39 is 0 Å². The molecule has 0 aromatic carbocycles. The van der Waals surface area contributed by atoms with Crippen LogP contribution < -0.4 is 5.56 Å². The van der Waals surface area contributed by atoms with Gasteiger partial charge >= 0.3 is 0 Å². The first-order valence-electron chi connectivity index (χ1n) is 5.55. The monoisotopic (exact) mass is 216 g/mol. The van der Waals surface area contributed by atoms with E-state index in [0.29, 0.717) is 17.1 Å². The Labute approximate surface area is 92.0 Å². The minimum Gasteiger partial charge on any atom is -0.304 e. The SMILES string of the molecule is O=c1cnc2cnc(C3CCCC3)nc2[nH]1. The summed E-state index contributed by atoms with van der Waals surface area (Å²) in [6.45, 7) is 0. The summed E-state index contributed by atoms with van der Waals surface area (Å²) in [4.78, 5) is 26.5. The van der Waals surface area contributed by atoms with Crippen molar-refractivity contribution in [2.75, 3.05) is 0 Å². The van der Waals surface area contributed by atoms with E-state index in [9.17, 15) is 4.79 Å². The van der Waals surface area contributed by atoms with Gasteiger partial charge in [0.25, 0.3) is 5.56 Å². The Morgan fingerprint density at radius 2 is 2.00 bits per heavy atom. The predicted molar refractivity (Wildman–Crippen MR) is 59.2 cm³/mol. The molecule has 0 spiro atoms. The number of aromatic amines is 1. The number of fused-ring (bicyclic) bond motifs is 1. The molecular formula is C11H12N4O. The molecule has 2 aromatic heterocycles. The van der Waals surface area contributed by atoms with E-state index in [0.717, 1.165) is 18.7 Å². The van der Waals surface area contributed by atoms with E-state index in [1.165, 1.54) is 19.0 Å². The molecule has 1 fully saturated rings. The quantitative estimate of drug-likeness (QED) is 0.781. The molecule has 82 valence electrons. The van der Waals surface area contributed by atoms with Crippen molar-refractivity contribution in [2.24, 2.45) is 0 Å². The van der Waals surface area contributed by atoms with Crippen molar-refractivity contribution < 1.29 is 0 Å². The zero-order valence-electron chi connectivity index (χ0n) is 8.81. The molecule has 0 radical (unpaired) electrons. The fourth-order valence-electron chi connectivity index (χ4n) is 2.23. The van der Waals surface area contributed by atoms with Crippen molar-refractivity contribution in [1.29, 1.82) is 0 Å². The first-order valence-corrected chi connectivity index (χ1v) is 5.55. The minimum atomic E-state index is -0.219. The van der Waals surface area contributed by atoms with Crippen LogP contribution in [-0.2, 0) is 0 Å². The Morgan fingerprint density at radius 1 is 1.19 bits per heavy atom. The molecule has 5 heteroatoms. The number of aromatic nitrogens is 4. The van der Waals surface area contributed by atoms with Gasteiger partial charge < -0.3 is 4.98 Å². The molecule has 16 heavy (non-hydrogen) atoms. The van der Waals surface area contributed by atoms with Gasteiger partial charge in [-0.2, -0.15) is 0 Å². The molecule has 1 N–H and O–H groups in total. The molecule has 1 aliphatic carbocycles. The predicted octanol–water partition coefficient (Wildman–Crippen LogP) is 1.37. The molecule has 2 heterocycles. The maximum absolute atomic E-state index is 11.1. The minimum absolute atomic E-state index is 0.219. The highest BCUT2D eigenvalue weighted by Crippen LogP contribution is 2.31. The summed E-state index contributed by atoms with van der Waals surface area (Å²) in [5.74, 6) is 1.29. The lowest BCUT2D eigenvalue weighted by atomic mass is 10.1. The largest absolute Gasteiger partial charge is 0.304 e. The number of nitrogens with zero attached hydrogens (tertiary/aromatic N) is 3. The van der Waals surface area contributed by atoms with Gasteiger partial charge in [0.1, 0.15) is 11.3 Å². The van der Waals surface area contributed by atoms with E-state index in [2.05, 4.69) is 19.9 Å². The fraction of sp³-hybridized carbons (Fsp3) is 0.455. The average Bonchev–Trinajstić information content (AvgIpc) is 2.81. The molecule has 2 aromatic rings. The average molecular weight is 216 g/mol. The molecular weight excluding hydrogens is 204 g/mol. The first-order chi connectivity index (χ1) is 7.83. The molecule has 0 amide bonds. The summed E-state index contributed by atoms with van der Waals surface area (Å²) in [6.07, 6.45) is 7.73. The highest BCUT2D eigenvalue weighted by molar-refractivity contribution is 5.67. The lowest BCUT2D eigenvalue weighted by molar-refractivity contribution is 0.671. The van der Waals surface area contributed by atoms with Crippen LogP contribution in [-0.4, -0.2) is 19.9 Å². The zero-order valence-corrected chi connectivity index (χ0v) is 8.81. The topological polar surface area (TPSA) is 71.5 Å². The summed E-state index contributed by atoms with van der Waals surface area (Å²) < 4.78 is 0. The van der Waals surface area contributed by atoms with E-state index in [1.54, 1.807) is 6.20 Å². The summed E-state index contributed by atoms with van der Waals surface area (Å²) in [7, 11) is 0. The van der Waals surface area contributed by atoms with Gasteiger partial charge in [-0.05, 0) is 12.8 Å². The van der Waals surface area contributed by atoms with Gasteiger partial charge in [0.05, 0.1) is 12.4 Å². The van der Waals surface area contributed by atoms with Crippen molar-refractivity contribution in [2.45, 2.75) is 31.6 Å². The Balaban J connectivity index is 2.10. The zero-order chi connectivity index (χ0) is 11.0. The van der Waals surface area contributed by atoms with Crippen molar-refractivity contribution in [3.63, 3.8) is 0 Å². The van der Waals surface area contributed by atoms with Gasteiger partial charge in [0.15, 0.2) is 5.65 Å². The van der Waals surface area contributed by atoms with Gasteiger partial charge in [-0.25, -0.2) is 15.0 Å². The van der Waals surface area contributed by atoms with Crippen LogP contribution in [0.1, 0.15) is 37.4 Å². The molecule has 1 saturated carbocycles. The smallest absolute Gasteiger partial charge is 0.268 e. The van der Waals surface area contributed by atoms with Crippen LogP contribution >= 0.6 is 0 Å². The second-order valence-corrected chi connectivity index (χ2v) is 4.19. The molecule has 1 aliphatic rings.